The molecule has 1 rings (SSSR count). The first kappa shape index (κ1) is 17.2. The Bertz CT molecular complexity index is 525. The second-order valence-electron chi connectivity index (χ2n) is 5.19. The minimum absolute atomic E-state index is 0.0417. The summed E-state index contributed by atoms with van der Waals surface area (Å²) in [4.78, 5) is 22.8. The van der Waals surface area contributed by atoms with Crippen LogP contribution in [-0.2, 0) is 27.8 Å². The Hall–Kier alpha value is -1.89. The smallest absolute Gasteiger partial charge is 0.334 e. The zero-order chi connectivity index (χ0) is 16.2. The molecule has 0 fully saturated rings. The lowest BCUT2D eigenvalue weighted by Gasteiger charge is -2.15. The molecule has 0 aliphatic rings. The standard InChI is InChI=1S/C14H23N3O4/c1-8(6-11-9(2)16-17(4)10(11)3)13(18)15-7-12(21-5)14(19)20/h8,12H,6-7H2,1-5H3,(H,15,18)(H,19,20). The predicted octanol–water partition coefficient (Wildman–Crippen LogP) is 0.431. The lowest BCUT2D eigenvalue weighted by atomic mass is 9.99. The molecule has 0 spiro atoms. The molecule has 0 aliphatic carbocycles. The number of aryl methyl sites for hydroxylation is 2. The first-order valence-electron chi connectivity index (χ1n) is 6.80. The van der Waals surface area contributed by atoms with Crippen LogP contribution in [0.1, 0.15) is 23.9 Å². The number of rotatable bonds is 7. The number of nitrogens with one attached hydrogen (secondary N) is 1. The van der Waals surface area contributed by atoms with Gasteiger partial charge in [0, 0.05) is 25.8 Å². The fraction of sp³-hybridized carbons (Fsp3) is 0.643. The molecule has 0 radical (unpaired) electrons. The molecule has 1 aromatic heterocycles. The predicted molar refractivity (Wildman–Crippen MR) is 77.0 cm³/mol. The van der Waals surface area contributed by atoms with Crippen molar-refractivity contribution in [3.63, 3.8) is 0 Å². The molecule has 118 valence electrons. The highest BCUT2D eigenvalue weighted by Gasteiger charge is 2.21. The maximum absolute atomic E-state index is 12.0. The minimum atomic E-state index is -1.09. The number of hydrogen-bond donors (Lipinski definition) is 2. The number of carbonyl (C=O) groups is 2. The third-order valence-electron chi connectivity index (χ3n) is 3.64. The normalized spacial score (nSPS) is 13.8. The molecular weight excluding hydrogens is 274 g/mol. The summed E-state index contributed by atoms with van der Waals surface area (Å²) in [7, 11) is 3.17. The lowest BCUT2D eigenvalue weighted by molar-refractivity contribution is -0.148. The van der Waals surface area contributed by atoms with E-state index in [-0.39, 0.29) is 18.4 Å². The fourth-order valence-electron chi connectivity index (χ4n) is 2.15. The topological polar surface area (TPSA) is 93.5 Å². The first-order chi connectivity index (χ1) is 9.77. The number of nitrogens with zero attached hydrogens (tertiary/aromatic N) is 2. The Morgan fingerprint density at radius 3 is 2.48 bits per heavy atom. The Balaban J connectivity index is 2.61. The Kier molecular flexibility index (Phi) is 5.90. The summed E-state index contributed by atoms with van der Waals surface area (Å²) in [5.74, 6) is -1.55. The highest BCUT2D eigenvalue weighted by Crippen LogP contribution is 2.16. The lowest BCUT2D eigenvalue weighted by Crippen LogP contribution is -2.40. The average Bonchev–Trinajstić information content (AvgIpc) is 2.65. The zero-order valence-corrected chi connectivity index (χ0v) is 13.1. The number of carboxylic acid groups (broad SMARTS) is 1. The van der Waals surface area contributed by atoms with Gasteiger partial charge in [0.15, 0.2) is 6.10 Å². The van der Waals surface area contributed by atoms with Crippen molar-refractivity contribution >= 4 is 11.9 Å². The molecule has 0 saturated carbocycles. The summed E-state index contributed by atoms with van der Waals surface area (Å²) in [6, 6.07) is 0. The monoisotopic (exact) mass is 297 g/mol. The van der Waals surface area contributed by atoms with E-state index in [0.29, 0.717) is 6.42 Å². The number of amides is 1. The van der Waals surface area contributed by atoms with Crippen molar-refractivity contribution in [3.8, 4) is 0 Å². The van der Waals surface area contributed by atoms with Crippen molar-refractivity contribution in [2.24, 2.45) is 13.0 Å². The molecule has 7 heteroatoms. The summed E-state index contributed by atoms with van der Waals surface area (Å²) in [5, 5.41) is 15.8. The van der Waals surface area contributed by atoms with Gasteiger partial charge in [-0.1, -0.05) is 6.92 Å². The molecule has 1 amide bonds. The van der Waals surface area contributed by atoms with Crippen molar-refractivity contribution in [1.29, 1.82) is 0 Å². The molecule has 0 aliphatic heterocycles. The van der Waals surface area contributed by atoms with Gasteiger partial charge < -0.3 is 15.2 Å². The van der Waals surface area contributed by atoms with Crippen LogP contribution < -0.4 is 5.32 Å². The van der Waals surface area contributed by atoms with Crippen molar-refractivity contribution in [2.75, 3.05) is 13.7 Å². The third-order valence-corrected chi connectivity index (χ3v) is 3.64. The van der Waals surface area contributed by atoms with Crippen LogP contribution in [0.5, 0.6) is 0 Å². The quantitative estimate of drug-likeness (QED) is 0.761. The maximum Gasteiger partial charge on any atom is 0.334 e. The summed E-state index contributed by atoms with van der Waals surface area (Å²) >= 11 is 0. The van der Waals surface area contributed by atoms with E-state index in [1.165, 1.54) is 7.11 Å². The average molecular weight is 297 g/mol. The summed E-state index contributed by atoms with van der Waals surface area (Å²) in [6.07, 6.45) is -0.453. The molecule has 2 N–H and O–H groups in total. The van der Waals surface area contributed by atoms with Gasteiger partial charge in [0.2, 0.25) is 5.91 Å². The molecule has 2 atom stereocenters. The molecule has 0 aromatic carbocycles. The van der Waals surface area contributed by atoms with Gasteiger partial charge in [0.1, 0.15) is 0 Å². The largest absolute Gasteiger partial charge is 0.479 e. The highest BCUT2D eigenvalue weighted by atomic mass is 16.5. The summed E-state index contributed by atoms with van der Waals surface area (Å²) in [5.41, 5.74) is 3.00. The van der Waals surface area contributed by atoms with Gasteiger partial charge in [-0.2, -0.15) is 5.10 Å². The van der Waals surface area contributed by atoms with Crippen LogP contribution in [0, 0.1) is 19.8 Å². The van der Waals surface area contributed by atoms with Crippen LogP contribution in [0.2, 0.25) is 0 Å². The van der Waals surface area contributed by atoms with E-state index >= 15 is 0 Å². The number of ether oxygens (including phenoxy) is 1. The third kappa shape index (κ3) is 4.29. The fourth-order valence-corrected chi connectivity index (χ4v) is 2.15. The van der Waals surface area contributed by atoms with Crippen LogP contribution in [0.4, 0.5) is 0 Å². The van der Waals surface area contributed by atoms with Gasteiger partial charge in [0.05, 0.1) is 12.2 Å². The van der Waals surface area contributed by atoms with E-state index in [9.17, 15) is 9.59 Å². The number of aliphatic carboxylic acids is 1. The van der Waals surface area contributed by atoms with E-state index in [1.807, 2.05) is 27.8 Å². The Morgan fingerprint density at radius 1 is 1.43 bits per heavy atom. The second kappa shape index (κ2) is 7.21. The molecule has 2 unspecified atom stereocenters. The molecule has 21 heavy (non-hydrogen) atoms. The van der Waals surface area contributed by atoms with Gasteiger partial charge in [-0.25, -0.2) is 4.79 Å². The zero-order valence-electron chi connectivity index (χ0n) is 13.1. The van der Waals surface area contributed by atoms with Gasteiger partial charge in [0.25, 0.3) is 0 Å². The number of carbonyl (C=O) groups excluding carboxylic acids is 1. The van der Waals surface area contributed by atoms with Crippen molar-refractivity contribution < 1.29 is 19.4 Å². The summed E-state index contributed by atoms with van der Waals surface area (Å²) < 4.78 is 6.57. The number of aromatic nitrogens is 2. The number of hydrogen-bond acceptors (Lipinski definition) is 4. The van der Waals surface area contributed by atoms with Crippen molar-refractivity contribution in [1.82, 2.24) is 15.1 Å². The molecule has 0 bridgehead atoms. The Morgan fingerprint density at radius 2 is 2.05 bits per heavy atom. The molecule has 1 aromatic rings. The molecular formula is C14H23N3O4. The number of carboxylic acids is 1. The molecule has 7 nitrogen and oxygen atoms in total. The molecule has 0 saturated heterocycles. The molecule has 1 heterocycles. The van der Waals surface area contributed by atoms with E-state index in [4.69, 9.17) is 9.84 Å². The van der Waals surface area contributed by atoms with E-state index < -0.39 is 12.1 Å². The second-order valence-corrected chi connectivity index (χ2v) is 5.19. The van der Waals surface area contributed by atoms with E-state index in [0.717, 1.165) is 17.0 Å². The van der Waals surface area contributed by atoms with E-state index in [1.54, 1.807) is 4.68 Å². The highest BCUT2D eigenvalue weighted by molar-refractivity contribution is 5.80. The van der Waals surface area contributed by atoms with Gasteiger partial charge in [-0.15, -0.1) is 0 Å². The van der Waals surface area contributed by atoms with Crippen LogP contribution >= 0.6 is 0 Å². The van der Waals surface area contributed by atoms with Crippen molar-refractivity contribution in [3.05, 3.63) is 17.0 Å². The first-order valence-corrected chi connectivity index (χ1v) is 6.80. The van der Waals surface area contributed by atoms with Gasteiger partial charge >= 0.3 is 5.97 Å². The van der Waals surface area contributed by atoms with Gasteiger partial charge in [-0.3, -0.25) is 9.48 Å². The van der Waals surface area contributed by atoms with Crippen LogP contribution in [-0.4, -0.2) is 46.5 Å². The van der Waals surface area contributed by atoms with Crippen molar-refractivity contribution in [2.45, 2.75) is 33.3 Å². The maximum atomic E-state index is 12.0. The SMILES string of the molecule is COC(CNC(=O)C(C)Cc1c(C)nn(C)c1C)C(=O)O. The van der Waals surface area contributed by atoms with Crippen LogP contribution in [0.25, 0.3) is 0 Å². The number of methoxy groups -OCH3 is 1. The minimum Gasteiger partial charge on any atom is -0.479 e. The van der Waals surface area contributed by atoms with Crippen LogP contribution in [0.15, 0.2) is 0 Å². The van der Waals surface area contributed by atoms with Crippen LogP contribution in [0.3, 0.4) is 0 Å². The van der Waals surface area contributed by atoms with Gasteiger partial charge in [-0.05, 0) is 25.8 Å². The Labute approximate surface area is 124 Å². The summed E-state index contributed by atoms with van der Waals surface area (Å²) in [6.45, 7) is 5.65. The van der Waals surface area contributed by atoms with E-state index in [2.05, 4.69) is 10.4 Å².